The second-order valence-corrected chi connectivity index (χ2v) is 4.42. The van der Waals surface area contributed by atoms with Crippen LogP contribution in [-0.4, -0.2) is 24.9 Å². The maximum atomic E-state index is 11.6. The molecule has 0 aliphatic carbocycles. The Hall–Kier alpha value is -2.30. The summed E-state index contributed by atoms with van der Waals surface area (Å²) in [4.78, 5) is 22.7. The Labute approximate surface area is 124 Å². The molecule has 0 heterocycles. The maximum Gasteiger partial charge on any atom is 0.416 e. The molecule has 1 rings (SSSR count). The maximum absolute atomic E-state index is 11.6. The van der Waals surface area contributed by atoms with Gasteiger partial charge in [-0.15, -0.1) is 6.58 Å². The molecule has 1 atom stereocenters. The van der Waals surface area contributed by atoms with E-state index < -0.39 is 12.2 Å². The number of amides is 2. The van der Waals surface area contributed by atoms with Crippen molar-refractivity contribution in [2.24, 2.45) is 0 Å². The normalized spacial score (nSPS) is 11.3. The van der Waals surface area contributed by atoms with Gasteiger partial charge in [-0.1, -0.05) is 36.4 Å². The first-order valence-electron chi connectivity index (χ1n) is 6.95. The third kappa shape index (κ3) is 7.15. The van der Waals surface area contributed by atoms with E-state index in [0.717, 1.165) is 6.42 Å². The minimum atomic E-state index is -0.803. The number of hydrogen-bond donors (Lipinski definition) is 1. The Balaban J connectivity index is 2.43. The summed E-state index contributed by atoms with van der Waals surface area (Å²) in [5.41, 5.74) is 1.17. The molecule has 0 saturated heterocycles. The van der Waals surface area contributed by atoms with Crippen LogP contribution in [0.2, 0.25) is 0 Å². The van der Waals surface area contributed by atoms with Crippen LogP contribution in [-0.2, 0) is 15.9 Å². The zero-order valence-corrected chi connectivity index (χ0v) is 12.2. The van der Waals surface area contributed by atoms with Gasteiger partial charge < -0.3 is 9.47 Å². The summed E-state index contributed by atoms with van der Waals surface area (Å²) in [7, 11) is 0. The van der Waals surface area contributed by atoms with Gasteiger partial charge in [-0.05, 0) is 25.3 Å². The smallest absolute Gasteiger partial charge is 0.416 e. The van der Waals surface area contributed by atoms with E-state index in [4.69, 9.17) is 4.74 Å². The largest absolute Gasteiger partial charge is 0.449 e. The summed E-state index contributed by atoms with van der Waals surface area (Å²) in [5.74, 6) is 0. The number of ether oxygens (including phenoxy) is 2. The minimum absolute atomic E-state index is 0.198. The van der Waals surface area contributed by atoms with E-state index in [2.05, 4.69) is 11.3 Å². The van der Waals surface area contributed by atoms with Gasteiger partial charge in [0.25, 0.3) is 0 Å². The Morgan fingerprint density at radius 2 is 2.00 bits per heavy atom. The number of alkyl carbamates (subject to hydrolysis) is 2. The zero-order chi connectivity index (χ0) is 15.5. The second-order valence-electron chi connectivity index (χ2n) is 4.42. The lowest BCUT2D eigenvalue weighted by atomic mass is 10.1. The van der Waals surface area contributed by atoms with Crippen LogP contribution in [0.25, 0.3) is 0 Å². The van der Waals surface area contributed by atoms with E-state index in [0.29, 0.717) is 12.8 Å². The SMILES string of the molecule is C=CCC(CCc1ccccc1)OC(=O)NC(=O)OCC. The fraction of sp³-hybridized carbons (Fsp3) is 0.375. The molecule has 0 aliphatic heterocycles. The molecule has 21 heavy (non-hydrogen) atoms. The van der Waals surface area contributed by atoms with Crippen molar-refractivity contribution in [1.29, 1.82) is 0 Å². The highest BCUT2D eigenvalue weighted by molar-refractivity contribution is 5.87. The van der Waals surface area contributed by atoms with E-state index in [1.54, 1.807) is 13.0 Å². The van der Waals surface area contributed by atoms with Gasteiger partial charge in [0.15, 0.2) is 0 Å². The Morgan fingerprint density at radius 3 is 2.62 bits per heavy atom. The van der Waals surface area contributed by atoms with E-state index in [1.165, 1.54) is 5.56 Å². The van der Waals surface area contributed by atoms with Gasteiger partial charge in [0, 0.05) is 6.42 Å². The lowest BCUT2D eigenvalue weighted by molar-refractivity contribution is 0.0892. The van der Waals surface area contributed by atoms with Crippen LogP contribution in [0.1, 0.15) is 25.3 Å². The molecule has 0 fully saturated rings. The van der Waals surface area contributed by atoms with Crippen molar-refractivity contribution < 1.29 is 19.1 Å². The van der Waals surface area contributed by atoms with Gasteiger partial charge in [-0.25, -0.2) is 14.9 Å². The van der Waals surface area contributed by atoms with Crippen molar-refractivity contribution in [3.63, 3.8) is 0 Å². The summed E-state index contributed by atoms with van der Waals surface area (Å²) in [5, 5.41) is 2.01. The predicted octanol–water partition coefficient (Wildman–Crippen LogP) is 3.45. The average molecular weight is 291 g/mol. The lowest BCUT2D eigenvalue weighted by Crippen LogP contribution is -2.34. The van der Waals surface area contributed by atoms with Crippen LogP contribution in [0.5, 0.6) is 0 Å². The molecule has 5 nitrogen and oxygen atoms in total. The van der Waals surface area contributed by atoms with E-state index in [1.807, 2.05) is 35.6 Å². The van der Waals surface area contributed by atoms with Crippen LogP contribution in [0.15, 0.2) is 43.0 Å². The lowest BCUT2D eigenvalue weighted by Gasteiger charge is -2.16. The number of benzene rings is 1. The fourth-order valence-corrected chi connectivity index (χ4v) is 1.81. The van der Waals surface area contributed by atoms with Gasteiger partial charge in [-0.3, -0.25) is 0 Å². The van der Waals surface area contributed by atoms with Gasteiger partial charge in [-0.2, -0.15) is 0 Å². The van der Waals surface area contributed by atoms with Crippen molar-refractivity contribution in [3.05, 3.63) is 48.6 Å². The van der Waals surface area contributed by atoms with Crippen LogP contribution < -0.4 is 5.32 Å². The van der Waals surface area contributed by atoms with Crippen molar-refractivity contribution in [2.45, 2.75) is 32.3 Å². The molecule has 114 valence electrons. The molecule has 2 amide bonds. The highest BCUT2D eigenvalue weighted by Crippen LogP contribution is 2.11. The number of carbonyl (C=O) groups excluding carboxylic acids is 2. The third-order valence-electron chi connectivity index (χ3n) is 2.78. The van der Waals surface area contributed by atoms with Gasteiger partial charge in [0.05, 0.1) is 6.61 Å². The number of carbonyl (C=O) groups is 2. The van der Waals surface area contributed by atoms with Crippen LogP contribution in [0.3, 0.4) is 0 Å². The van der Waals surface area contributed by atoms with Gasteiger partial charge in [0.1, 0.15) is 6.10 Å². The fourth-order valence-electron chi connectivity index (χ4n) is 1.81. The first-order chi connectivity index (χ1) is 10.2. The molecule has 0 spiro atoms. The van der Waals surface area contributed by atoms with Crippen LogP contribution >= 0.6 is 0 Å². The molecule has 0 aromatic heterocycles. The minimum Gasteiger partial charge on any atom is -0.449 e. The Morgan fingerprint density at radius 1 is 1.29 bits per heavy atom. The first kappa shape index (κ1) is 16.8. The van der Waals surface area contributed by atoms with Crippen LogP contribution in [0, 0.1) is 0 Å². The molecule has 1 aromatic rings. The van der Waals surface area contributed by atoms with Crippen molar-refractivity contribution in [1.82, 2.24) is 5.32 Å². The van der Waals surface area contributed by atoms with Crippen LogP contribution in [0.4, 0.5) is 9.59 Å². The van der Waals surface area contributed by atoms with Crippen molar-refractivity contribution >= 4 is 12.2 Å². The second kappa shape index (κ2) is 9.58. The Kier molecular flexibility index (Phi) is 7.64. The molecular weight excluding hydrogens is 270 g/mol. The van der Waals surface area contributed by atoms with Gasteiger partial charge in [0.2, 0.25) is 0 Å². The van der Waals surface area contributed by atoms with Gasteiger partial charge >= 0.3 is 12.2 Å². The molecule has 5 heteroatoms. The predicted molar refractivity (Wildman–Crippen MR) is 80.0 cm³/mol. The molecule has 1 aromatic carbocycles. The number of rotatable bonds is 7. The summed E-state index contributed by atoms with van der Waals surface area (Å²) in [6, 6.07) is 9.92. The summed E-state index contributed by atoms with van der Waals surface area (Å²) >= 11 is 0. The average Bonchev–Trinajstić information content (AvgIpc) is 2.46. The number of imide groups is 1. The standard InChI is InChI=1S/C16H21NO4/c1-3-8-14(12-11-13-9-6-5-7-10-13)21-16(19)17-15(18)20-4-2/h3,5-7,9-10,14H,1,4,8,11-12H2,2H3,(H,17,18,19). The molecule has 0 aliphatic rings. The molecule has 0 bridgehead atoms. The van der Waals surface area contributed by atoms with E-state index >= 15 is 0 Å². The first-order valence-corrected chi connectivity index (χ1v) is 6.95. The third-order valence-corrected chi connectivity index (χ3v) is 2.78. The zero-order valence-electron chi connectivity index (χ0n) is 12.2. The number of hydrogen-bond acceptors (Lipinski definition) is 4. The molecule has 1 unspecified atom stereocenters. The number of aryl methyl sites for hydroxylation is 1. The molecule has 0 radical (unpaired) electrons. The Bertz CT molecular complexity index is 459. The number of nitrogens with one attached hydrogen (secondary N) is 1. The molecule has 1 N–H and O–H groups in total. The van der Waals surface area contributed by atoms with Crippen molar-refractivity contribution in [2.75, 3.05) is 6.61 Å². The monoisotopic (exact) mass is 291 g/mol. The summed E-state index contributed by atoms with van der Waals surface area (Å²) in [6.45, 7) is 5.51. The quantitative estimate of drug-likeness (QED) is 0.781. The highest BCUT2D eigenvalue weighted by atomic mass is 16.6. The highest BCUT2D eigenvalue weighted by Gasteiger charge is 2.15. The molecule has 0 saturated carbocycles. The summed E-state index contributed by atoms with van der Waals surface area (Å²) < 4.78 is 9.82. The van der Waals surface area contributed by atoms with Crippen molar-refractivity contribution in [3.8, 4) is 0 Å². The van der Waals surface area contributed by atoms with E-state index in [-0.39, 0.29) is 12.7 Å². The topological polar surface area (TPSA) is 64.6 Å². The van der Waals surface area contributed by atoms with E-state index in [9.17, 15) is 9.59 Å². The summed E-state index contributed by atoms with van der Waals surface area (Å²) in [6.07, 6.45) is 1.74. The molecular formula is C16H21NO4.